The van der Waals surface area contributed by atoms with Crippen molar-refractivity contribution in [3.8, 4) is 0 Å². The van der Waals surface area contributed by atoms with Gasteiger partial charge in [-0.2, -0.15) is 0 Å². The molecule has 5 nitrogen and oxygen atoms in total. The normalized spacial score (nSPS) is 27.0. The fraction of sp³-hybridized carbons (Fsp3) is 0.400. The number of hydrogen-bond donors (Lipinski definition) is 0. The van der Waals surface area contributed by atoms with Gasteiger partial charge in [-0.3, -0.25) is 15.1 Å². The molecular weight excluding hydrogens is 286 g/mol. The summed E-state index contributed by atoms with van der Waals surface area (Å²) in [7, 11) is 0. The van der Waals surface area contributed by atoms with Gasteiger partial charge in [-0.1, -0.05) is 36.7 Å². The highest BCUT2D eigenvalue weighted by atomic mass is 32.2. The first-order chi connectivity index (χ1) is 10.2. The van der Waals surface area contributed by atoms with Crippen LogP contribution in [0.5, 0.6) is 0 Å². The summed E-state index contributed by atoms with van der Waals surface area (Å²) < 4.78 is 0. The molecule has 1 aromatic rings. The average Bonchev–Trinajstić information content (AvgIpc) is 3.06. The minimum absolute atomic E-state index is 0.142. The predicted octanol–water partition coefficient (Wildman–Crippen LogP) is 3.62. The molecule has 4 rings (SSSR count). The van der Waals surface area contributed by atoms with Crippen molar-refractivity contribution >= 4 is 28.3 Å². The SMILES string of the molecule is O=[N+]([O-])c1cccc(C2=CSC3=N[C@H]4CCCC[C@@H]4N23)c1. The van der Waals surface area contributed by atoms with E-state index in [4.69, 9.17) is 4.99 Å². The standard InChI is InChI=1S/C15H15N3O2S/c19-18(20)11-5-3-4-10(8-11)14-9-21-15-16-12-6-1-2-7-13(12)17(14)15/h3-5,8-9,12-13H,1-2,6-7H2/t12-,13-/m0/s1. The van der Waals surface area contributed by atoms with Crippen LogP contribution < -0.4 is 0 Å². The largest absolute Gasteiger partial charge is 0.315 e. The fourth-order valence-corrected chi connectivity index (χ4v) is 4.42. The summed E-state index contributed by atoms with van der Waals surface area (Å²) in [5, 5.41) is 14.1. The first kappa shape index (κ1) is 12.9. The highest BCUT2D eigenvalue weighted by Gasteiger charge is 2.42. The van der Waals surface area contributed by atoms with Crippen molar-refractivity contribution in [1.29, 1.82) is 0 Å². The molecule has 0 bridgehead atoms. The average molecular weight is 301 g/mol. The Labute approximate surface area is 126 Å². The van der Waals surface area contributed by atoms with Crippen LogP contribution >= 0.6 is 11.8 Å². The van der Waals surface area contributed by atoms with E-state index in [2.05, 4.69) is 10.3 Å². The van der Waals surface area contributed by atoms with E-state index in [1.165, 1.54) is 18.9 Å². The minimum Gasteiger partial charge on any atom is -0.315 e. The van der Waals surface area contributed by atoms with Crippen LogP contribution in [0.15, 0.2) is 34.7 Å². The summed E-state index contributed by atoms with van der Waals surface area (Å²) in [6, 6.07) is 7.74. The molecule has 0 spiro atoms. The molecule has 21 heavy (non-hydrogen) atoms. The lowest BCUT2D eigenvalue weighted by Gasteiger charge is -2.32. The Kier molecular flexibility index (Phi) is 2.99. The van der Waals surface area contributed by atoms with Gasteiger partial charge in [-0.25, -0.2) is 0 Å². The summed E-state index contributed by atoms with van der Waals surface area (Å²) in [4.78, 5) is 17.8. The third-order valence-corrected chi connectivity index (χ3v) is 5.25. The maximum atomic E-state index is 11.0. The van der Waals surface area contributed by atoms with E-state index in [-0.39, 0.29) is 10.6 Å². The molecular formula is C15H15N3O2S. The van der Waals surface area contributed by atoms with Crippen LogP contribution in [-0.2, 0) is 0 Å². The molecule has 0 N–H and O–H groups in total. The Morgan fingerprint density at radius 2 is 2.19 bits per heavy atom. The van der Waals surface area contributed by atoms with E-state index in [1.54, 1.807) is 23.9 Å². The van der Waals surface area contributed by atoms with Crippen LogP contribution in [-0.4, -0.2) is 27.1 Å². The lowest BCUT2D eigenvalue weighted by atomic mass is 9.90. The number of nitro groups is 1. The number of thioether (sulfide) groups is 1. The number of non-ortho nitro benzene ring substituents is 1. The van der Waals surface area contributed by atoms with Crippen molar-refractivity contribution in [2.75, 3.05) is 0 Å². The second-order valence-electron chi connectivity index (χ2n) is 5.63. The maximum absolute atomic E-state index is 11.0. The Hall–Kier alpha value is -1.82. The quantitative estimate of drug-likeness (QED) is 0.618. The Morgan fingerprint density at radius 3 is 3.05 bits per heavy atom. The van der Waals surface area contributed by atoms with Crippen LogP contribution in [0.25, 0.3) is 5.70 Å². The Balaban J connectivity index is 1.69. The topological polar surface area (TPSA) is 58.7 Å². The number of fused-ring (bicyclic) bond motifs is 3. The molecule has 0 amide bonds. The summed E-state index contributed by atoms with van der Waals surface area (Å²) in [5.74, 6) is 0. The molecule has 0 radical (unpaired) electrons. The van der Waals surface area contributed by atoms with Gasteiger partial charge in [0.15, 0.2) is 5.17 Å². The van der Waals surface area contributed by atoms with Gasteiger partial charge in [-0.15, -0.1) is 0 Å². The molecule has 1 aromatic carbocycles. The highest BCUT2D eigenvalue weighted by molar-refractivity contribution is 8.16. The zero-order chi connectivity index (χ0) is 14.4. The van der Waals surface area contributed by atoms with Gasteiger partial charge in [0.25, 0.3) is 5.69 Å². The highest BCUT2D eigenvalue weighted by Crippen LogP contribution is 2.44. The second kappa shape index (κ2) is 4.87. The van der Waals surface area contributed by atoms with E-state index in [9.17, 15) is 10.1 Å². The van der Waals surface area contributed by atoms with Gasteiger partial charge >= 0.3 is 0 Å². The second-order valence-corrected chi connectivity index (χ2v) is 6.47. The first-order valence-corrected chi connectivity index (χ1v) is 8.11. The number of amidine groups is 1. The van der Waals surface area contributed by atoms with Gasteiger partial charge in [0.2, 0.25) is 0 Å². The molecule has 1 aliphatic carbocycles. The van der Waals surface area contributed by atoms with E-state index in [0.29, 0.717) is 12.1 Å². The van der Waals surface area contributed by atoms with Crippen molar-refractivity contribution in [2.24, 2.45) is 4.99 Å². The van der Waals surface area contributed by atoms with Crippen molar-refractivity contribution < 1.29 is 4.92 Å². The van der Waals surface area contributed by atoms with Crippen molar-refractivity contribution in [3.63, 3.8) is 0 Å². The summed E-state index contributed by atoms with van der Waals surface area (Å²) in [6.45, 7) is 0. The molecule has 6 heteroatoms. The number of aliphatic imine (C=N–C) groups is 1. The van der Waals surface area contributed by atoms with Crippen molar-refractivity contribution in [1.82, 2.24) is 4.90 Å². The monoisotopic (exact) mass is 301 g/mol. The minimum atomic E-state index is -0.339. The number of benzene rings is 1. The van der Waals surface area contributed by atoms with Crippen molar-refractivity contribution in [3.05, 3.63) is 45.4 Å². The number of hydrogen-bond acceptors (Lipinski definition) is 5. The van der Waals surface area contributed by atoms with Gasteiger partial charge in [0.1, 0.15) is 0 Å². The zero-order valence-corrected chi connectivity index (χ0v) is 12.3. The lowest BCUT2D eigenvalue weighted by molar-refractivity contribution is -0.384. The maximum Gasteiger partial charge on any atom is 0.270 e. The summed E-state index contributed by atoms with van der Waals surface area (Å²) >= 11 is 1.64. The molecule has 2 heterocycles. The smallest absolute Gasteiger partial charge is 0.270 e. The fourth-order valence-electron chi connectivity index (χ4n) is 3.41. The van der Waals surface area contributed by atoms with Gasteiger partial charge in [0.05, 0.1) is 22.7 Å². The third-order valence-electron chi connectivity index (χ3n) is 4.40. The molecule has 1 saturated carbocycles. The molecule has 0 unspecified atom stereocenters. The predicted molar refractivity (Wildman–Crippen MR) is 84.0 cm³/mol. The Bertz CT molecular complexity index is 671. The molecule has 1 fully saturated rings. The first-order valence-electron chi connectivity index (χ1n) is 7.23. The van der Waals surface area contributed by atoms with Crippen LogP contribution in [0.1, 0.15) is 31.2 Å². The number of rotatable bonds is 2. The van der Waals surface area contributed by atoms with Crippen LogP contribution in [0.3, 0.4) is 0 Å². The van der Waals surface area contributed by atoms with Crippen LogP contribution in [0.2, 0.25) is 0 Å². The van der Waals surface area contributed by atoms with Crippen LogP contribution in [0.4, 0.5) is 5.69 Å². The zero-order valence-electron chi connectivity index (χ0n) is 11.4. The van der Waals surface area contributed by atoms with Gasteiger partial charge in [-0.05, 0) is 12.8 Å². The number of nitrogens with zero attached hydrogens (tertiary/aromatic N) is 3. The van der Waals surface area contributed by atoms with E-state index < -0.39 is 0 Å². The number of nitro benzene ring substituents is 1. The van der Waals surface area contributed by atoms with Gasteiger partial charge < -0.3 is 4.90 Å². The molecule has 108 valence electrons. The molecule has 2 atom stereocenters. The molecule has 3 aliphatic rings. The van der Waals surface area contributed by atoms with E-state index >= 15 is 0 Å². The molecule has 2 aliphatic heterocycles. The van der Waals surface area contributed by atoms with Crippen LogP contribution in [0, 0.1) is 10.1 Å². The Morgan fingerprint density at radius 1 is 1.33 bits per heavy atom. The van der Waals surface area contributed by atoms with E-state index in [0.717, 1.165) is 29.3 Å². The lowest BCUT2D eigenvalue weighted by Crippen LogP contribution is -2.38. The third kappa shape index (κ3) is 2.05. The molecule has 0 aromatic heterocycles. The van der Waals surface area contributed by atoms with Gasteiger partial charge in [0, 0.05) is 23.1 Å². The summed E-state index contributed by atoms with van der Waals surface area (Å²) in [5.41, 5.74) is 2.12. The van der Waals surface area contributed by atoms with E-state index in [1.807, 2.05) is 6.07 Å². The summed E-state index contributed by atoms with van der Waals surface area (Å²) in [6.07, 6.45) is 4.82. The van der Waals surface area contributed by atoms with Crippen molar-refractivity contribution in [2.45, 2.75) is 37.8 Å². The molecule has 0 saturated heterocycles.